The zero-order chi connectivity index (χ0) is 18.2. The molecule has 26 heavy (non-hydrogen) atoms. The van der Waals surface area contributed by atoms with E-state index in [-0.39, 0.29) is 0 Å². The molecule has 2 bridgehead atoms. The molecule has 0 radical (unpaired) electrons. The number of hydrogen-bond donors (Lipinski definition) is 1. The number of hydrogen-bond acceptors (Lipinski definition) is 6. The fraction of sp³-hybridized carbons (Fsp3) is 0.500. The van der Waals surface area contributed by atoms with Gasteiger partial charge in [0.15, 0.2) is 5.82 Å². The number of benzene rings is 1. The van der Waals surface area contributed by atoms with E-state index in [1.807, 2.05) is 43.3 Å². The Labute approximate surface area is 153 Å². The first kappa shape index (κ1) is 17.2. The molecule has 4 heterocycles. The Balaban J connectivity index is 1.68. The highest BCUT2D eigenvalue weighted by Gasteiger charge is 2.63. The van der Waals surface area contributed by atoms with Crippen LogP contribution in [0.4, 0.5) is 0 Å². The molecule has 2 atom stereocenters. The summed E-state index contributed by atoms with van der Waals surface area (Å²) in [6, 6.07) is 9.72. The molecule has 6 nitrogen and oxygen atoms in total. The van der Waals surface area contributed by atoms with Gasteiger partial charge in [0, 0.05) is 13.1 Å². The predicted octanol–water partition coefficient (Wildman–Crippen LogP) is 2.48. The van der Waals surface area contributed by atoms with E-state index in [2.05, 4.69) is 21.6 Å². The van der Waals surface area contributed by atoms with Gasteiger partial charge in [-0.3, -0.25) is 4.90 Å². The van der Waals surface area contributed by atoms with Crippen molar-refractivity contribution in [2.45, 2.75) is 43.2 Å². The molecule has 2 unspecified atom stereocenters. The molecule has 3 aliphatic heterocycles. The van der Waals surface area contributed by atoms with Crippen LogP contribution in [0.15, 0.2) is 47.5 Å². The first-order chi connectivity index (χ1) is 12.6. The molecule has 138 valence electrons. The van der Waals surface area contributed by atoms with E-state index >= 15 is 0 Å². The molecule has 0 spiro atoms. The average molecular weight is 355 g/mol. The van der Waals surface area contributed by atoms with Gasteiger partial charge in [-0.15, -0.1) is 6.58 Å². The Morgan fingerprint density at radius 2 is 2.08 bits per heavy atom. The number of aliphatic hydroxyl groups excluding tert-OH is 1. The fourth-order valence-corrected chi connectivity index (χ4v) is 4.59. The number of aliphatic hydroxyl groups is 1. The molecule has 3 aliphatic rings. The van der Waals surface area contributed by atoms with Crippen molar-refractivity contribution in [2.24, 2.45) is 0 Å². The van der Waals surface area contributed by atoms with E-state index in [0.29, 0.717) is 24.7 Å². The third-order valence-corrected chi connectivity index (χ3v) is 6.00. The third-order valence-electron chi connectivity index (χ3n) is 6.00. The summed E-state index contributed by atoms with van der Waals surface area (Å²) < 4.78 is 11.6. The molecule has 1 aromatic carbocycles. The van der Waals surface area contributed by atoms with Crippen molar-refractivity contribution >= 4 is 0 Å². The monoisotopic (exact) mass is 355 g/mol. The molecule has 3 fully saturated rings. The quantitative estimate of drug-likeness (QED) is 0.803. The molecule has 1 aromatic heterocycles. The summed E-state index contributed by atoms with van der Waals surface area (Å²) in [6.45, 7) is 7.86. The Morgan fingerprint density at radius 3 is 2.69 bits per heavy atom. The molecule has 6 heteroatoms. The van der Waals surface area contributed by atoms with Gasteiger partial charge in [0.05, 0.1) is 17.1 Å². The third kappa shape index (κ3) is 2.56. The zero-order valence-electron chi connectivity index (χ0n) is 15.1. The lowest BCUT2D eigenvalue weighted by Gasteiger charge is -2.60. The molecule has 1 N–H and O–H groups in total. The maximum absolute atomic E-state index is 11.5. The van der Waals surface area contributed by atoms with E-state index in [1.54, 1.807) is 0 Å². The highest BCUT2D eigenvalue weighted by molar-refractivity contribution is 5.26. The molecular weight excluding hydrogens is 330 g/mol. The number of fused-ring (bicyclic) bond motifs is 3. The largest absolute Gasteiger partial charge is 0.492 e. The lowest BCUT2D eigenvalue weighted by molar-refractivity contribution is -0.169. The van der Waals surface area contributed by atoms with Crippen molar-refractivity contribution in [2.75, 3.05) is 19.7 Å². The Kier molecular flexibility index (Phi) is 4.32. The van der Waals surface area contributed by atoms with Gasteiger partial charge in [-0.05, 0) is 38.3 Å². The number of piperidine rings is 3. The Morgan fingerprint density at radius 1 is 1.35 bits per heavy atom. The minimum Gasteiger partial charge on any atom is -0.492 e. The van der Waals surface area contributed by atoms with Crippen LogP contribution in [0.5, 0.6) is 5.75 Å². The normalized spacial score (nSPS) is 33.2. The number of para-hydroxylation sites is 1. The maximum atomic E-state index is 11.5. The molecule has 0 saturated carbocycles. The topological polar surface area (TPSA) is 71.6 Å². The smallest absolute Gasteiger partial charge is 0.235 e. The van der Waals surface area contributed by atoms with Gasteiger partial charge in [0.1, 0.15) is 12.4 Å². The summed E-state index contributed by atoms with van der Waals surface area (Å²) in [7, 11) is 0. The van der Waals surface area contributed by atoms with E-state index in [1.165, 1.54) is 0 Å². The summed E-state index contributed by atoms with van der Waals surface area (Å²) in [5, 5.41) is 15.5. The van der Waals surface area contributed by atoms with Gasteiger partial charge in [-0.1, -0.05) is 29.4 Å². The summed E-state index contributed by atoms with van der Waals surface area (Å²) in [6.07, 6.45) is 3.44. The van der Waals surface area contributed by atoms with Crippen LogP contribution in [0.3, 0.4) is 0 Å². The van der Waals surface area contributed by atoms with Crippen LogP contribution < -0.4 is 4.74 Å². The summed E-state index contributed by atoms with van der Waals surface area (Å²) >= 11 is 0. The van der Waals surface area contributed by atoms with Crippen molar-refractivity contribution < 1.29 is 14.4 Å². The lowest BCUT2D eigenvalue weighted by atomic mass is 9.60. The second kappa shape index (κ2) is 6.52. The van der Waals surface area contributed by atoms with Crippen molar-refractivity contribution in [3.05, 3.63) is 54.7 Å². The summed E-state index contributed by atoms with van der Waals surface area (Å²) in [5.74, 6) is 1.95. The van der Waals surface area contributed by atoms with Crippen molar-refractivity contribution in [1.29, 1.82) is 0 Å². The van der Waals surface area contributed by atoms with Crippen LogP contribution in [-0.2, 0) is 5.41 Å². The number of nitrogens with zero attached hydrogens (tertiary/aromatic N) is 3. The Hall–Kier alpha value is -2.18. The Bertz CT molecular complexity index is 768. The first-order valence-electron chi connectivity index (χ1n) is 9.13. The summed E-state index contributed by atoms with van der Waals surface area (Å²) in [5.41, 5.74) is -1.06. The number of rotatable bonds is 6. The summed E-state index contributed by atoms with van der Waals surface area (Å²) in [4.78, 5) is 6.81. The van der Waals surface area contributed by atoms with E-state index in [4.69, 9.17) is 9.26 Å². The second-order valence-corrected chi connectivity index (χ2v) is 7.39. The van der Waals surface area contributed by atoms with Crippen molar-refractivity contribution in [1.82, 2.24) is 15.0 Å². The van der Waals surface area contributed by atoms with E-state index in [0.717, 1.165) is 31.7 Å². The molecule has 0 amide bonds. The maximum Gasteiger partial charge on any atom is 0.235 e. The minimum absolute atomic E-state index is 0.388. The number of ether oxygens (including phenoxy) is 1. The molecular formula is C20H25N3O3. The molecule has 2 aromatic rings. The van der Waals surface area contributed by atoms with E-state index in [9.17, 15) is 5.11 Å². The standard InChI is InChI=1S/C20H25N3O3/c1-3-9-20(14-25-16-7-5-4-6-8-16)17(24)19(10-12-23(20)13-11-19)18-21-15(2)22-26-18/h3-8,17,24H,1,9-14H2,2H3. The number of aromatic nitrogens is 2. The SMILES string of the molecule is C=CCC1(COc2ccccc2)C(O)C2(c3nc(C)no3)CCN1CC2. The van der Waals surface area contributed by atoms with Crippen LogP contribution in [0.2, 0.25) is 0 Å². The van der Waals surface area contributed by atoms with Crippen LogP contribution in [0.25, 0.3) is 0 Å². The minimum atomic E-state index is -0.668. The van der Waals surface area contributed by atoms with Gasteiger partial charge in [0.25, 0.3) is 0 Å². The van der Waals surface area contributed by atoms with Crippen LogP contribution in [-0.4, -0.2) is 51.5 Å². The average Bonchev–Trinajstić information content (AvgIpc) is 3.12. The van der Waals surface area contributed by atoms with Gasteiger partial charge in [-0.25, -0.2) is 0 Å². The molecule has 0 aliphatic carbocycles. The van der Waals surface area contributed by atoms with Crippen molar-refractivity contribution in [3.63, 3.8) is 0 Å². The van der Waals surface area contributed by atoms with Crippen molar-refractivity contribution in [3.8, 4) is 5.75 Å². The first-order valence-corrected chi connectivity index (χ1v) is 9.13. The highest BCUT2D eigenvalue weighted by Crippen LogP contribution is 2.51. The predicted molar refractivity (Wildman–Crippen MR) is 97.0 cm³/mol. The van der Waals surface area contributed by atoms with Gasteiger partial charge in [-0.2, -0.15) is 4.98 Å². The van der Waals surface area contributed by atoms with E-state index < -0.39 is 17.1 Å². The highest BCUT2D eigenvalue weighted by atomic mass is 16.5. The lowest BCUT2D eigenvalue weighted by Crippen LogP contribution is -2.74. The van der Waals surface area contributed by atoms with Crippen LogP contribution in [0.1, 0.15) is 31.0 Å². The van der Waals surface area contributed by atoms with Gasteiger partial charge >= 0.3 is 0 Å². The fourth-order valence-electron chi connectivity index (χ4n) is 4.59. The van der Waals surface area contributed by atoms with Gasteiger partial charge in [0.2, 0.25) is 5.89 Å². The second-order valence-electron chi connectivity index (χ2n) is 7.39. The van der Waals surface area contributed by atoms with Crippen LogP contribution in [0, 0.1) is 6.92 Å². The zero-order valence-corrected chi connectivity index (χ0v) is 15.1. The molecule has 5 rings (SSSR count). The number of aryl methyl sites for hydroxylation is 1. The van der Waals surface area contributed by atoms with Crippen LogP contribution >= 0.6 is 0 Å². The molecule has 3 saturated heterocycles. The van der Waals surface area contributed by atoms with Gasteiger partial charge < -0.3 is 14.4 Å².